The number of esters is 2. The lowest BCUT2D eigenvalue weighted by Crippen LogP contribution is -2.18. The van der Waals surface area contributed by atoms with Crippen molar-refractivity contribution >= 4 is 23.5 Å². The Bertz CT molecular complexity index is 956. The zero-order valence-electron chi connectivity index (χ0n) is 15.2. The van der Waals surface area contributed by atoms with E-state index in [1.807, 2.05) is 0 Å². The number of amides is 1. The van der Waals surface area contributed by atoms with Gasteiger partial charge in [-0.15, -0.1) is 0 Å². The zero-order valence-corrected chi connectivity index (χ0v) is 15.2. The van der Waals surface area contributed by atoms with E-state index in [0.29, 0.717) is 6.07 Å². The number of hydrogen-bond acceptors (Lipinski definition) is 5. The van der Waals surface area contributed by atoms with E-state index in [4.69, 9.17) is 4.74 Å². The number of nitrogens with one attached hydrogen (secondary N) is 1. The highest BCUT2D eigenvalue weighted by Gasteiger charge is 2.34. The summed E-state index contributed by atoms with van der Waals surface area (Å²) >= 11 is 0. The maximum absolute atomic E-state index is 13.2. The molecule has 1 amide bonds. The number of hydrogen-bond donors (Lipinski definition) is 1. The largest absolute Gasteiger partial charge is 0.465 e. The molecule has 0 radical (unpaired) electrons. The van der Waals surface area contributed by atoms with Gasteiger partial charge in [-0.05, 0) is 35.9 Å². The van der Waals surface area contributed by atoms with Gasteiger partial charge in [-0.3, -0.25) is 9.59 Å². The molecule has 29 heavy (non-hydrogen) atoms. The lowest BCUT2D eigenvalue weighted by atomic mass is 10.0. The second-order valence-corrected chi connectivity index (χ2v) is 5.82. The van der Waals surface area contributed by atoms with Gasteiger partial charge in [-0.1, -0.05) is 6.07 Å². The van der Waals surface area contributed by atoms with Crippen molar-refractivity contribution in [1.29, 1.82) is 0 Å². The van der Waals surface area contributed by atoms with E-state index in [9.17, 15) is 31.9 Å². The lowest BCUT2D eigenvalue weighted by molar-refractivity contribution is -0.138. The molecule has 0 saturated carbocycles. The van der Waals surface area contributed by atoms with E-state index >= 15 is 0 Å². The highest BCUT2D eigenvalue weighted by atomic mass is 19.4. The summed E-state index contributed by atoms with van der Waals surface area (Å²) in [6, 6.07) is 5.67. The molecule has 0 spiro atoms. The van der Waals surface area contributed by atoms with E-state index in [1.165, 1.54) is 12.1 Å². The third-order valence-corrected chi connectivity index (χ3v) is 3.65. The van der Waals surface area contributed by atoms with Gasteiger partial charge in [-0.2, -0.15) is 13.2 Å². The Kier molecular flexibility index (Phi) is 6.57. The van der Waals surface area contributed by atoms with Gasteiger partial charge in [0.1, 0.15) is 17.1 Å². The fourth-order valence-corrected chi connectivity index (χ4v) is 2.47. The summed E-state index contributed by atoms with van der Waals surface area (Å²) in [4.78, 5) is 35.1. The standard InChI is InChI=1S/C19H15F4NO5/c1-10(25)29-16-6-5-13(9-14(16)18(27)28-2)24-17(26)7-11-3-4-12(20)8-15(11)19(21,22)23/h3-6,8-9H,7H2,1-2H3,(H,24,26). The number of carbonyl (C=O) groups is 3. The quantitative estimate of drug-likeness (QED) is 0.459. The van der Waals surface area contributed by atoms with Gasteiger partial charge < -0.3 is 14.8 Å². The van der Waals surface area contributed by atoms with Crippen LogP contribution >= 0.6 is 0 Å². The predicted octanol–water partition coefficient (Wildman–Crippen LogP) is 3.74. The maximum atomic E-state index is 13.2. The molecule has 0 saturated heterocycles. The molecular formula is C19H15F4NO5. The minimum absolute atomic E-state index is 0.0574. The zero-order chi connectivity index (χ0) is 21.8. The van der Waals surface area contributed by atoms with Gasteiger partial charge in [0.2, 0.25) is 5.91 Å². The molecule has 0 heterocycles. The Morgan fingerprint density at radius 1 is 1.07 bits per heavy atom. The minimum Gasteiger partial charge on any atom is -0.465 e. The van der Waals surface area contributed by atoms with Crippen LogP contribution in [0.4, 0.5) is 23.2 Å². The first-order valence-corrected chi connectivity index (χ1v) is 8.07. The normalized spacial score (nSPS) is 11.0. The topological polar surface area (TPSA) is 81.7 Å². The van der Waals surface area contributed by atoms with Crippen LogP contribution in [0.2, 0.25) is 0 Å². The summed E-state index contributed by atoms with van der Waals surface area (Å²) in [7, 11) is 1.10. The first kappa shape index (κ1) is 21.9. The molecular weight excluding hydrogens is 398 g/mol. The third-order valence-electron chi connectivity index (χ3n) is 3.65. The van der Waals surface area contributed by atoms with Gasteiger partial charge in [-0.25, -0.2) is 9.18 Å². The third kappa shape index (κ3) is 5.77. The van der Waals surface area contributed by atoms with Crippen LogP contribution in [0.5, 0.6) is 5.75 Å². The number of anilines is 1. The molecule has 2 aromatic carbocycles. The Balaban J connectivity index is 2.26. The molecule has 0 aliphatic carbocycles. The Labute approximate surface area is 162 Å². The number of benzene rings is 2. The maximum Gasteiger partial charge on any atom is 0.416 e. The molecule has 1 N–H and O–H groups in total. The van der Waals surface area contributed by atoms with Crippen molar-refractivity contribution in [3.8, 4) is 5.75 Å². The van der Waals surface area contributed by atoms with Crippen LogP contribution in [-0.2, 0) is 26.9 Å². The van der Waals surface area contributed by atoms with Crippen molar-refractivity contribution in [2.45, 2.75) is 19.5 Å². The molecule has 2 rings (SSSR count). The molecule has 0 atom stereocenters. The van der Waals surface area contributed by atoms with Crippen LogP contribution in [0.25, 0.3) is 0 Å². The minimum atomic E-state index is -4.83. The van der Waals surface area contributed by atoms with Crippen molar-refractivity contribution in [2.24, 2.45) is 0 Å². The summed E-state index contributed by atoms with van der Waals surface area (Å²) in [6.45, 7) is 1.12. The second-order valence-electron chi connectivity index (χ2n) is 5.82. The molecule has 0 unspecified atom stereocenters. The lowest BCUT2D eigenvalue weighted by Gasteiger charge is -2.14. The summed E-state index contributed by atoms with van der Waals surface area (Å²) < 4.78 is 61.7. The fourth-order valence-electron chi connectivity index (χ4n) is 2.47. The number of rotatable bonds is 5. The number of methoxy groups -OCH3 is 1. The van der Waals surface area contributed by atoms with Crippen LogP contribution in [-0.4, -0.2) is 25.0 Å². The highest BCUT2D eigenvalue weighted by molar-refractivity contribution is 5.97. The number of ether oxygens (including phenoxy) is 2. The van der Waals surface area contributed by atoms with Crippen LogP contribution in [0.3, 0.4) is 0 Å². The second kappa shape index (κ2) is 8.72. The first-order chi connectivity index (χ1) is 13.5. The molecule has 10 heteroatoms. The molecule has 6 nitrogen and oxygen atoms in total. The Morgan fingerprint density at radius 2 is 1.76 bits per heavy atom. The van der Waals surface area contributed by atoms with Gasteiger partial charge in [0.05, 0.1) is 19.1 Å². The Morgan fingerprint density at radius 3 is 2.34 bits per heavy atom. The van der Waals surface area contributed by atoms with Crippen LogP contribution < -0.4 is 10.1 Å². The number of carbonyl (C=O) groups excluding carboxylic acids is 3. The van der Waals surface area contributed by atoms with Crippen molar-refractivity contribution < 1.29 is 41.4 Å². The van der Waals surface area contributed by atoms with Crippen LogP contribution in [0.1, 0.15) is 28.4 Å². The molecule has 2 aromatic rings. The van der Waals surface area contributed by atoms with Gasteiger partial charge in [0, 0.05) is 12.6 Å². The molecule has 0 fully saturated rings. The molecule has 0 aliphatic rings. The van der Waals surface area contributed by atoms with E-state index in [0.717, 1.165) is 32.2 Å². The van der Waals surface area contributed by atoms with Crippen molar-refractivity contribution in [2.75, 3.05) is 12.4 Å². The monoisotopic (exact) mass is 413 g/mol. The first-order valence-electron chi connectivity index (χ1n) is 8.07. The van der Waals surface area contributed by atoms with Crippen LogP contribution in [0, 0.1) is 5.82 Å². The summed E-state index contributed by atoms with van der Waals surface area (Å²) in [6.07, 6.45) is -5.52. The average Bonchev–Trinajstić information content (AvgIpc) is 2.62. The van der Waals surface area contributed by atoms with Gasteiger partial charge in [0.25, 0.3) is 0 Å². The van der Waals surface area contributed by atoms with Crippen molar-refractivity contribution in [3.63, 3.8) is 0 Å². The highest BCUT2D eigenvalue weighted by Crippen LogP contribution is 2.33. The van der Waals surface area contributed by atoms with Crippen molar-refractivity contribution in [1.82, 2.24) is 0 Å². The van der Waals surface area contributed by atoms with Crippen molar-refractivity contribution in [3.05, 3.63) is 58.9 Å². The Hall–Kier alpha value is -3.43. The van der Waals surface area contributed by atoms with E-state index in [2.05, 4.69) is 10.1 Å². The molecule has 0 bridgehead atoms. The van der Waals surface area contributed by atoms with Gasteiger partial charge in [0.15, 0.2) is 0 Å². The molecule has 0 aliphatic heterocycles. The predicted molar refractivity (Wildman–Crippen MR) is 92.8 cm³/mol. The van der Waals surface area contributed by atoms with Crippen LogP contribution in [0.15, 0.2) is 36.4 Å². The van der Waals surface area contributed by atoms with E-state index in [-0.39, 0.29) is 17.0 Å². The SMILES string of the molecule is COC(=O)c1cc(NC(=O)Cc2ccc(F)cc2C(F)(F)F)ccc1OC(C)=O. The summed E-state index contributed by atoms with van der Waals surface area (Å²) in [5.41, 5.74) is -1.78. The van der Waals surface area contributed by atoms with Gasteiger partial charge >= 0.3 is 18.1 Å². The summed E-state index contributed by atoms with van der Waals surface area (Å²) in [5.74, 6) is -3.57. The summed E-state index contributed by atoms with van der Waals surface area (Å²) in [5, 5.41) is 2.34. The molecule has 154 valence electrons. The smallest absolute Gasteiger partial charge is 0.416 e. The fraction of sp³-hybridized carbons (Fsp3) is 0.211. The molecule has 0 aromatic heterocycles. The van der Waals surface area contributed by atoms with E-state index < -0.39 is 47.4 Å². The number of halogens is 4. The average molecular weight is 413 g/mol. The number of alkyl halides is 3. The van der Waals surface area contributed by atoms with E-state index in [1.54, 1.807) is 0 Å².